The number of carbonyl (C=O) groups is 4. The number of carboxylic acid groups (broad SMARTS) is 1. The van der Waals surface area contributed by atoms with Crippen LogP contribution in [0.3, 0.4) is 0 Å². The van der Waals surface area contributed by atoms with E-state index in [1.54, 1.807) is 24.3 Å². The molecule has 4 rings (SSSR count). The Bertz CT molecular complexity index is 1720. The van der Waals surface area contributed by atoms with Gasteiger partial charge in [0, 0.05) is 24.0 Å². The number of hydrogen-bond donors (Lipinski definition) is 1. The Morgan fingerprint density at radius 3 is 1.18 bits per heavy atom. The summed E-state index contributed by atoms with van der Waals surface area (Å²) >= 11 is 13.8. The molecular weight excluding hydrogens is 891 g/mol. The van der Waals surface area contributed by atoms with E-state index in [-0.39, 0.29) is 54.3 Å². The largest absolute Gasteiger partial charge is 1.00 e. The average molecular weight is 922 g/mol. The van der Waals surface area contributed by atoms with Crippen LogP contribution in [-0.2, 0) is 17.6 Å². The zero-order valence-corrected chi connectivity index (χ0v) is 33.4. The van der Waals surface area contributed by atoms with Gasteiger partial charge < -0.3 is 24.8 Å². The first kappa shape index (κ1) is 44.3. The first-order chi connectivity index (χ1) is 22.4. The molecule has 0 bridgehead atoms. The van der Waals surface area contributed by atoms with Crippen molar-refractivity contribution in [3.8, 4) is 11.5 Å². The van der Waals surface area contributed by atoms with Crippen LogP contribution in [0.5, 0.6) is 11.5 Å². The molecule has 0 unspecified atom stereocenters. The van der Waals surface area contributed by atoms with E-state index in [1.165, 1.54) is 31.4 Å². The molecule has 0 heterocycles. The maximum atomic E-state index is 12.4. The Morgan fingerprint density at radius 1 is 0.592 bits per heavy atom. The van der Waals surface area contributed by atoms with Gasteiger partial charge in [-0.2, -0.15) is 0 Å². The fourth-order valence-electron chi connectivity index (χ4n) is 4.28. The summed E-state index contributed by atoms with van der Waals surface area (Å²) in [6.07, 6.45) is 0.469. The molecule has 0 radical (unpaired) electrons. The number of methoxy groups -OCH3 is 1. The second-order valence-corrected chi connectivity index (χ2v) is 13.2. The van der Waals surface area contributed by atoms with Crippen LogP contribution in [0.25, 0.3) is 0 Å². The van der Waals surface area contributed by atoms with Crippen LogP contribution in [0.1, 0.15) is 66.4 Å². The Balaban J connectivity index is 0.000000471. The van der Waals surface area contributed by atoms with Crippen LogP contribution < -0.4 is 28.3 Å². The maximum Gasteiger partial charge on any atom is 1.00 e. The number of ether oxygens (including phenoxy) is 3. The zero-order chi connectivity index (χ0) is 34.7. The van der Waals surface area contributed by atoms with E-state index in [1.807, 2.05) is 38.1 Å². The number of ketones is 2. The van der Waals surface area contributed by atoms with Gasteiger partial charge in [0.25, 0.3) is 0 Å². The molecule has 0 atom stereocenters. The minimum Gasteiger partial charge on any atom is -0.870 e. The SMILES string of the molecule is CCOc1c(Br)cc(CC(=O)c2ccc(C(=O)O)cc2)cc1Br.CCOc1c(Br)cc(CC(=O)c2ccc(C(=O)OC)cc2)cc1Br.[Li+].[OH-]. The summed E-state index contributed by atoms with van der Waals surface area (Å²) in [7, 11) is 1.32. The summed E-state index contributed by atoms with van der Waals surface area (Å²) in [5, 5.41) is 8.87. The summed E-state index contributed by atoms with van der Waals surface area (Å²) in [5.74, 6) is -0.123. The van der Waals surface area contributed by atoms with E-state index in [4.69, 9.17) is 14.6 Å². The molecule has 0 saturated carbocycles. The molecule has 2 N–H and O–H groups in total. The second kappa shape index (κ2) is 21.5. The fourth-order valence-corrected chi connectivity index (χ4v) is 7.30. The Morgan fingerprint density at radius 2 is 0.898 bits per heavy atom. The smallest absolute Gasteiger partial charge is 0.870 e. The van der Waals surface area contributed by atoms with Crippen LogP contribution in [0.2, 0.25) is 0 Å². The van der Waals surface area contributed by atoms with Crippen LogP contribution in [-0.4, -0.2) is 54.4 Å². The molecule has 0 aromatic heterocycles. The van der Waals surface area contributed by atoms with Gasteiger partial charge >= 0.3 is 30.8 Å². The summed E-state index contributed by atoms with van der Waals surface area (Å²) in [6, 6.07) is 19.8. The van der Waals surface area contributed by atoms with Crippen molar-refractivity contribution in [3.63, 3.8) is 0 Å². The van der Waals surface area contributed by atoms with Crippen molar-refractivity contribution in [2.75, 3.05) is 20.3 Å². The molecule has 4 aromatic carbocycles. The van der Waals surface area contributed by atoms with Gasteiger partial charge in [0.05, 0.1) is 49.3 Å². The number of esters is 1. The van der Waals surface area contributed by atoms with E-state index in [0.717, 1.165) is 34.8 Å². The molecule has 0 aliphatic carbocycles. The van der Waals surface area contributed by atoms with Crippen molar-refractivity contribution >= 4 is 87.2 Å². The van der Waals surface area contributed by atoms with E-state index in [0.29, 0.717) is 35.7 Å². The Kier molecular flexibility index (Phi) is 19.4. The van der Waals surface area contributed by atoms with Crippen LogP contribution in [0.4, 0.5) is 0 Å². The van der Waals surface area contributed by atoms with Crippen LogP contribution in [0, 0.1) is 0 Å². The monoisotopic (exact) mass is 918 g/mol. The van der Waals surface area contributed by atoms with Gasteiger partial charge in [-0.05, 0) is 137 Å². The summed E-state index contributed by atoms with van der Waals surface area (Å²) < 4.78 is 18.8. The van der Waals surface area contributed by atoms with Gasteiger partial charge in [-0.25, -0.2) is 9.59 Å². The number of carbonyl (C=O) groups excluding carboxylic acids is 3. The molecule has 0 saturated heterocycles. The number of benzene rings is 4. The van der Waals surface area contributed by atoms with E-state index in [2.05, 4.69) is 68.5 Å². The minimum atomic E-state index is -1.01. The molecule has 0 aliphatic heterocycles. The van der Waals surface area contributed by atoms with Gasteiger partial charge in [0.1, 0.15) is 11.5 Å². The van der Waals surface area contributed by atoms with E-state index in [9.17, 15) is 19.2 Å². The molecule has 9 nitrogen and oxygen atoms in total. The minimum absolute atomic E-state index is 0. The number of Topliss-reactive ketones (excluding diaryl/α,β-unsaturated/α-hetero) is 2. The Labute approximate surface area is 330 Å². The molecule has 0 spiro atoms. The number of rotatable bonds is 12. The van der Waals surface area contributed by atoms with Crippen LogP contribution >= 0.6 is 63.7 Å². The van der Waals surface area contributed by atoms with Crippen molar-refractivity contribution < 1.29 is 62.8 Å². The van der Waals surface area contributed by atoms with Gasteiger partial charge in [0.2, 0.25) is 0 Å². The van der Waals surface area contributed by atoms with Crippen molar-refractivity contribution in [2.45, 2.75) is 26.7 Å². The first-order valence-corrected chi connectivity index (χ1v) is 17.3. The molecule has 49 heavy (non-hydrogen) atoms. The topological polar surface area (TPSA) is 146 Å². The van der Waals surface area contributed by atoms with Gasteiger partial charge in [-0.3, -0.25) is 9.59 Å². The quantitative estimate of drug-likeness (QED) is 0.0972. The number of carboxylic acids is 1. The molecule has 4 aromatic rings. The van der Waals surface area contributed by atoms with Crippen LogP contribution in [0.15, 0.2) is 90.7 Å². The molecule has 0 aliphatic rings. The van der Waals surface area contributed by atoms with E-state index >= 15 is 0 Å². The first-order valence-electron chi connectivity index (χ1n) is 14.2. The molecule has 0 fully saturated rings. The molecule has 14 heteroatoms. The van der Waals surface area contributed by atoms with Gasteiger partial charge in [-0.15, -0.1) is 0 Å². The molecular formula is C35H31Br4LiO9. The average Bonchev–Trinajstić information content (AvgIpc) is 3.04. The molecule has 0 amide bonds. The normalized spacial score (nSPS) is 9.94. The molecule has 254 valence electrons. The number of aromatic carboxylic acids is 1. The zero-order valence-electron chi connectivity index (χ0n) is 27.0. The predicted molar refractivity (Wildman–Crippen MR) is 195 cm³/mol. The summed E-state index contributed by atoms with van der Waals surface area (Å²) in [6.45, 7) is 4.92. The third kappa shape index (κ3) is 12.8. The summed E-state index contributed by atoms with van der Waals surface area (Å²) in [4.78, 5) is 47.0. The maximum absolute atomic E-state index is 12.4. The number of hydrogen-bond acceptors (Lipinski definition) is 8. The van der Waals surface area contributed by atoms with Crippen molar-refractivity contribution in [1.82, 2.24) is 0 Å². The van der Waals surface area contributed by atoms with Crippen molar-refractivity contribution in [2.24, 2.45) is 0 Å². The second-order valence-electron chi connectivity index (χ2n) is 9.79. The van der Waals surface area contributed by atoms with Crippen molar-refractivity contribution in [1.29, 1.82) is 0 Å². The van der Waals surface area contributed by atoms with Gasteiger partial charge in [-0.1, -0.05) is 24.3 Å². The standard InChI is InChI=1S/C18H16Br2O4.C17H14Br2O4.Li.H2O/c1-3-24-17-14(19)8-11(9-15(17)20)10-16(21)12-4-6-13(7-5-12)18(22)23-2;1-2-23-16-13(18)7-10(8-14(16)19)9-15(20)11-3-5-12(6-4-11)17(21)22;;/h4-9H,3,10H2,1-2H3;3-8H,2,9H2,1H3,(H,21,22);;1H2/q;;+1;/p-1. The summed E-state index contributed by atoms with van der Waals surface area (Å²) in [5.41, 5.74) is 3.30. The third-order valence-corrected chi connectivity index (χ3v) is 8.86. The Hall–Kier alpha value is -2.76. The fraction of sp³-hybridized carbons (Fsp3) is 0.200. The third-order valence-electron chi connectivity index (χ3n) is 6.50. The van der Waals surface area contributed by atoms with E-state index < -0.39 is 11.9 Å². The number of halogens is 4. The predicted octanol–water partition coefficient (Wildman–Crippen LogP) is 6.38. The van der Waals surface area contributed by atoms with Crippen molar-refractivity contribution in [3.05, 3.63) is 124 Å². The van der Waals surface area contributed by atoms with Gasteiger partial charge in [0.15, 0.2) is 11.6 Å².